The average molecular weight is 415 g/mol. The number of hydrogen-bond donors (Lipinski definition) is 2. The molecule has 0 unspecified atom stereocenters. The van der Waals surface area contributed by atoms with E-state index in [9.17, 15) is 18.0 Å². The lowest BCUT2D eigenvalue weighted by Crippen LogP contribution is -2.30. The van der Waals surface area contributed by atoms with Crippen LogP contribution in [0, 0.1) is 0 Å². The Morgan fingerprint density at radius 1 is 1.00 bits per heavy atom. The Kier molecular flexibility index (Phi) is 6.89. The molecule has 0 fully saturated rings. The molecule has 0 spiro atoms. The van der Waals surface area contributed by atoms with Gasteiger partial charge in [-0.3, -0.25) is 0 Å². The summed E-state index contributed by atoms with van der Waals surface area (Å²) < 4.78 is 37.0. The van der Waals surface area contributed by atoms with Gasteiger partial charge < -0.3 is 20.4 Å². The lowest BCUT2D eigenvalue weighted by atomic mass is 10.3. The van der Waals surface area contributed by atoms with Crippen LogP contribution in [0.5, 0.6) is 0 Å². The number of carbonyl (C=O) groups is 1. The molecular weight excluding hydrogens is 395 g/mol. The molecule has 1 heterocycles. The van der Waals surface area contributed by atoms with Crippen molar-refractivity contribution < 1.29 is 18.0 Å². The second-order valence-electron chi connectivity index (χ2n) is 6.02. The third kappa shape index (κ3) is 6.76. The zero-order valence-electron chi connectivity index (χ0n) is 15.7. The Morgan fingerprint density at radius 3 is 2.00 bits per heavy atom. The Hall–Kier alpha value is -2.76. The number of nitrogens with zero attached hydrogens (tertiary/aromatic N) is 5. The highest BCUT2D eigenvalue weighted by Gasteiger charge is 2.29. The van der Waals surface area contributed by atoms with Crippen molar-refractivity contribution in [2.45, 2.75) is 16.9 Å². The van der Waals surface area contributed by atoms with Crippen LogP contribution < -0.4 is 20.4 Å². The van der Waals surface area contributed by atoms with E-state index in [4.69, 9.17) is 0 Å². The molecule has 0 aliphatic rings. The van der Waals surface area contributed by atoms with Gasteiger partial charge in [0.05, 0.1) is 6.54 Å². The third-order valence-electron chi connectivity index (χ3n) is 3.21. The Balaban J connectivity index is 1.97. The molecule has 1 aromatic heterocycles. The first kappa shape index (κ1) is 21.5. The fourth-order valence-electron chi connectivity index (χ4n) is 1.95. The molecule has 8 nitrogen and oxygen atoms in total. The lowest BCUT2D eigenvalue weighted by molar-refractivity contribution is -0.0328. The summed E-state index contributed by atoms with van der Waals surface area (Å²) in [7, 11) is 7.16. The predicted octanol–water partition coefficient (Wildman–Crippen LogP) is 2.94. The summed E-state index contributed by atoms with van der Waals surface area (Å²) in [4.78, 5) is 28.3. The topological polar surface area (TPSA) is 86.3 Å². The number of thioether (sulfide) groups is 1. The zero-order valence-corrected chi connectivity index (χ0v) is 16.5. The molecular formula is C16H20F3N7OS. The second kappa shape index (κ2) is 8.95. The smallest absolute Gasteiger partial charge is 0.347 e. The van der Waals surface area contributed by atoms with E-state index < -0.39 is 11.5 Å². The molecule has 12 heteroatoms. The summed E-state index contributed by atoms with van der Waals surface area (Å²) >= 11 is -0.216. The van der Waals surface area contributed by atoms with Gasteiger partial charge in [0.25, 0.3) is 0 Å². The van der Waals surface area contributed by atoms with E-state index in [0.29, 0.717) is 23.4 Å². The van der Waals surface area contributed by atoms with E-state index >= 15 is 0 Å². The van der Waals surface area contributed by atoms with Crippen LogP contribution in [-0.2, 0) is 6.54 Å². The van der Waals surface area contributed by atoms with Crippen LogP contribution in [0.1, 0.15) is 5.82 Å². The van der Waals surface area contributed by atoms with Gasteiger partial charge in [-0.1, -0.05) is 0 Å². The van der Waals surface area contributed by atoms with Crippen LogP contribution in [-0.4, -0.2) is 54.7 Å². The van der Waals surface area contributed by atoms with Crippen molar-refractivity contribution in [2.24, 2.45) is 0 Å². The second-order valence-corrected chi connectivity index (χ2v) is 7.16. The van der Waals surface area contributed by atoms with Gasteiger partial charge in [-0.05, 0) is 36.0 Å². The van der Waals surface area contributed by atoms with E-state index in [1.165, 1.54) is 24.3 Å². The normalized spacial score (nSPS) is 11.1. The van der Waals surface area contributed by atoms with Crippen molar-refractivity contribution >= 4 is 35.4 Å². The predicted molar refractivity (Wildman–Crippen MR) is 103 cm³/mol. The van der Waals surface area contributed by atoms with Gasteiger partial charge in [-0.15, -0.1) is 0 Å². The average Bonchev–Trinajstić information content (AvgIpc) is 2.60. The molecule has 28 heavy (non-hydrogen) atoms. The van der Waals surface area contributed by atoms with Crippen LogP contribution in [0.25, 0.3) is 0 Å². The summed E-state index contributed by atoms with van der Waals surface area (Å²) in [5.41, 5.74) is -3.99. The Morgan fingerprint density at radius 2 is 1.54 bits per heavy atom. The summed E-state index contributed by atoms with van der Waals surface area (Å²) in [6.07, 6.45) is 0. The maximum Gasteiger partial charge on any atom is 0.446 e. The van der Waals surface area contributed by atoms with Crippen LogP contribution in [0.2, 0.25) is 0 Å². The number of nitrogens with one attached hydrogen (secondary N) is 2. The molecule has 0 saturated heterocycles. The van der Waals surface area contributed by atoms with E-state index in [1.54, 1.807) is 38.0 Å². The van der Waals surface area contributed by atoms with Crippen LogP contribution in [0.15, 0.2) is 29.2 Å². The minimum absolute atomic E-state index is 0.0380. The largest absolute Gasteiger partial charge is 0.446 e. The molecule has 0 aliphatic carbocycles. The van der Waals surface area contributed by atoms with Gasteiger partial charge in [0.1, 0.15) is 0 Å². The van der Waals surface area contributed by atoms with Gasteiger partial charge in [0.2, 0.25) is 11.9 Å². The number of urea groups is 1. The standard InChI is InChI=1S/C16H20F3N7OS/c1-25(2)13-22-12(23-14(24-13)26(3)4)9-20-15(27)21-10-5-7-11(8-6-10)28-16(17,18)19/h5-8H,9H2,1-4H3,(H2,20,21,27). The SMILES string of the molecule is CN(C)c1nc(CNC(=O)Nc2ccc(SC(F)(F)F)cc2)nc(N(C)C)n1. The maximum atomic E-state index is 12.3. The van der Waals surface area contributed by atoms with E-state index in [-0.39, 0.29) is 23.2 Å². The van der Waals surface area contributed by atoms with Crippen molar-refractivity contribution in [3.63, 3.8) is 0 Å². The number of anilines is 3. The van der Waals surface area contributed by atoms with Crippen molar-refractivity contribution in [3.05, 3.63) is 30.1 Å². The molecule has 0 saturated carbocycles. The lowest BCUT2D eigenvalue weighted by Gasteiger charge is -2.16. The van der Waals surface area contributed by atoms with Gasteiger partial charge in [0, 0.05) is 38.8 Å². The van der Waals surface area contributed by atoms with Gasteiger partial charge in [-0.25, -0.2) is 4.79 Å². The summed E-state index contributed by atoms with van der Waals surface area (Å²) in [6.45, 7) is 0.0536. The highest BCUT2D eigenvalue weighted by molar-refractivity contribution is 8.00. The fraction of sp³-hybridized carbons (Fsp3) is 0.375. The molecule has 0 aliphatic heterocycles. The summed E-state index contributed by atoms with van der Waals surface area (Å²) in [5.74, 6) is 1.27. The first-order chi connectivity index (χ1) is 13.0. The highest BCUT2D eigenvalue weighted by atomic mass is 32.2. The van der Waals surface area contributed by atoms with Crippen molar-refractivity contribution in [1.29, 1.82) is 0 Å². The Labute approximate surface area is 164 Å². The van der Waals surface area contributed by atoms with Crippen LogP contribution >= 0.6 is 11.8 Å². The molecule has 0 radical (unpaired) electrons. The molecule has 1 aromatic carbocycles. The maximum absolute atomic E-state index is 12.3. The minimum Gasteiger partial charge on any atom is -0.347 e. The van der Waals surface area contributed by atoms with E-state index in [0.717, 1.165) is 0 Å². The zero-order chi connectivity index (χ0) is 20.9. The quantitative estimate of drug-likeness (QED) is 0.702. The van der Waals surface area contributed by atoms with Crippen LogP contribution in [0.3, 0.4) is 0 Å². The van der Waals surface area contributed by atoms with Crippen molar-refractivity contribution in [3.8, 4) is 0 Å². The monoisotopic (exact) mass is 415 g/mol. The first-order valence-corrected chi connectivity index (χ1v) is 8.85. The molecule has 2 amide bonds. The van der Waals surface area contributed by atoms with Crippen molar-refractivity contribution in [1.82, 2.24) is 20.3 Å². The molecule has 2 N–H and O–H groups in total. The number of aromatic nitrogens is 3. The van der Waals surface area contributed by atoms with Crippen LogP contribution in [0.4, 0.5) is 35.5 Å². The summed E-state index contributed by atoms with van der Waals surface area (Å²) in [5, 5.41) is 5.15. The number of amides is 2. The number of carbonyl (C=O) groups excluding carboxylic acids is 1. The van der Waals surface area contributed by atoms with Crippen molar-refractivity contribution in [2.75, 3.05) is 43.3 Å². The highest BCUT2D eigenvalue weighted by Crippen LogP contribution is 2.37. The number of alkyl halides is 3. The minimum atomic E-state index is -4.35. The first-order valence-electron chi connectivity index (χ1n) is 8.04. The molecule has 0 bridgehead atoms. The molecule has 152 valence electrons. The fourth-order valence-corrected chi connectivity index (χ4v) is 2.49. The Bertz CT molecular complexity index is 787. The van der Waals surface area contributed by atoms with Gasteiger partial charge in [-0.2, -0.15) is 28.1 Å². The van der Waals surface area contributed by atoms with E-state index in [2.05, 4.69) is 25.6 Å². The number of benzene rings is 1. The molecule has 2 rings (SSSR count). The number of halogens is 3. The van der Waals surface area contributed by atoms with Gasteiger partial charge in [0.15, 0.2) is 5.82 Å². The molecule has 0 atom stereocenters. The number of hydrogen-bond acceptors (Lipinski definition) is 7. The number of rotatable bonds is 6. The molecule has 2 aromatic rings. The summed E-state index contributed by atoms with van der Waals surface area (Å²) in [6, 6.07) is 4.82. The van der Waals surface area contributed by atoms with E-state index in [1.807, 2.05) is 0 Å². The third-order valence-corrected chi connectivity index (χ3v) is 3.95. The van der Waals surface area contributed by atoms with Gasteiger partial charge >= 0.3 is 11.5 Å².